The van der Waals surface area contributed by atoms with Gasteiger partial charge in [0.25, 0.3) is 0 Å². The van der Waals surface area contributed by atoms with E-state index in [1.165, 1.54) is 0 Å². The third-order valence-electron chi connectivity index (χ3n) is 5.35. The number of benzene rings is 2. The van der Waals surface area contributed by atoms with E-state index >= 15 is 0 Å². The summed E-state index contributed by atoms with van der Waals surface area (Å²) in [4.78, 5) is 29.2. The van der Waals surface area contributed by atoms with Crippen LogP contribution in [0.3, 0.4) is 0 Å². The minimum Gasteiger partial charge on any atom is -0.497 e. The molecule has 7 heteroatoms. The SMILES string of the molecule is CCN(Cc1ccc(OC)c(OC)c1)C(=O)[C@H]1CC(=O)N(c2cccc(OC)c2)C1. The molecular weight excluding hydrogens is 384 g/mol. The van der Waals surface area contributed by atoms with Crippen molar-refractivity contribution in [2.24, 2.45) is 5.92 Å². The number of methoxy groups -OCH3 is 3. The number of amides is 2. The van der Waals surface area contributed by atoms with Crippen LogP contribution in [0.15, 0.2) is 42.5 Å². The van der Waals surface area contributed by atoms with E-state index in [-0.39, 0.29) is 24.2 Å². The third-order valence-corrected chi connectivity index (χ3v) is 5.35. The summed E-state index contributed by atoms with van der Waals surface area (Å²) < 4.78 is 15.9. The molecule has 30 heavy (non-hydrogen) atoms. The van der Waals surface area contributed by atoms with Crippen LogP contribution < -0.4 is 19.1 Å². The molecule has 1 aliphatic rings. The summed E-state index contributed by atoms with van der Waals surface area (Å²) in [5.74, 6) is 1.50. The van der Waals surface area contributed by atoms with Crippen LogP contribution in [0.1, 0.15) is 18.9 Å². The van der Waals surface area contributed by atoms with Crippen molar-refractivity contribution < 1.29 is 23.8 Å². The smallest absolute Gasteiger partial charge is 0.228 e. The fraction of sp³-hybridized carbons (Fsp3) is 0.391. The number of carbonyl (C=O) groups excluding carboxylic acids is 2. The highest BCUT2D eigenvalue weighted by atomic mass is 16.5. The molecule has 0 aliphatic carbocycles. The summed E-state index contributed by atoms with van der Waals surface area (Å²) in [7, 11) is 4.76. The number of hydrogen-bond donors (Lipinski definition) is 0. The third kappa shape index (κ3) is 4.50. The Balaban J connectivity index is 1.72. The van der Waals surface area contributed by atoms with Crippen LogP contribution in [0.5, 0.6) is 17.2 Å². The molecule has 0 aromatic heterocycles. The van der Waals surface area contributed by atoms with Crippen molar-refractivity contribution in [3.8, 4) is 17.2 Å². The fourth-order valence-electron chi connectivity index (χ4n) is 3.70. The normalized spacial score (nSPS) is 15.8. The molecule has 0 radical (unpaired) electrons. The highest BCUT2D eigenvalue weighted by Crippen LogP contribution is 2.30. The van der Waals surface area contributed by atoms with Crippen molar-refractivity contribution in [2.75, 3.05) is 39.3 Å². The van der Waals surface area contributed by atoms with Crippen LogP contribution in [0.2, 0.25) is 0 Å². The van der Waals surface area contributed by atoms with E-state index in [4.69, 9.17) is 14.2 Å². The minimum atomic E-state index is -0.371. The number of anilines is 1. The Morgan fingerprint density at radius 2 is 1.83 bits per heavy atom. The minimum absolute atomic E-state index is 0.0222. The van der Waals surface area contributed by atoms with Crippen LogP contribution >= 0.6 is 0 Å². The number of ether oxygens (including phenoxy) is 3. The van der Waals surface area contributed by atoms with Crippen molar-refractivity contribution in [3.05, 3.63) is 48.0 Å². The topological polar surface area (TPSA) is 68.3 Å². The quantitative estimate of drug-likeness (QED) is 0.666. The lowest BCUT2D eigenvalue weighted by Gasteiger charge is -2.25. The lowest BCUT2D eigenvalue weighted by Crippen LogP contribution is -2.37. The molecule has 0 unspecified atom stereocenters. The molecule has 160 valence electrons. The summed E-state index contributed by atoms with van der Waals surface area (Å²) in [6, 6.07) is 13.0. The molecule has 0 bridgehead atoms. The van der Waals surface area contributed by atoms with Crippen molar-refractivity contribution in [1.82, 2.24) is 4.90 Å². The van der Waals surface area contributed by atoms with Gasteiger partial charge in [-0.1, -0.05) is 12.1 Å². The Morgan fingerprint density at radius 1 is 1.07 bits per heavy atom. The number of nitrogens with zero attached hydrogens (tertiary/aromatic N) is 2. The second-order valence-corrected chi connectivity index (χ2v) is 7.15. The fourth-order valence-corrected chi connectivity index (χ4v) is 3.70. The van der Waals surface area contributed by atoms with E-state index in [0.717, 1.165) is 11.3 Å². The standard InChI is InChI=1S/C23H28N2O5/c1-5-24(14-16-9-10-20(29-3)21(11-16)30-4)23(27)17-12-22(26)25(15-17)18-7-6-8-19(13-18)28-2/h6-11,13,17H,5,12,14-15H2,1-4H3/t17-/m0/s1. The first-order valence-electron chi connectivity index (χ1n) is 9.94. The summed E-state index contributed by atoms with van der Waals surface area (Å²) in [6.07, 6.45) is 0.207. The maximum atomic E-state index is 13.2. The Bertz CT molecular complexity index is 914. The van der Waals surface area contributed by atoms with Gasteiger partial charge in [-0.05, 0) is 36.8 Å². The molecule has 2 aromatic carbocycles. The Morgan fingerprint density at radius 3 is 2.50 bits per heavy atom. The molecule has 1 saturated heterocycles. The van der Waals surface area contributed by atoms with E-state index in [0.29, 0.717) is 36.9 Å². The molecule has 1 atom stereocenters. The molecular formula is C23H28N2O5. The van der Waals surface area contributed by atoms with Gasteiger partial charge in [-0.15, -0.1) is 0 Å². The highest BCUT2D eigenvalue weighted by Gasteiger charge is 2.37. The van der Waals surface area contributed by atoms with Crippen LogP contribution in [0, 0.1) is 5.92 Å². The van der Waals surface area contributed by atoms with Gasteiger partial charge in [-0.25, -0.2) is 0 Å². The van der Waals surface area contributed by atoms with E-state index in [1.807, 2.05) is 49.4 Å². The number of hydrogen-bond acceptors (Lipinski definition) is 5. The average Bonchev–Trinajstić information content (AvgIpc) is 3.18. The molecule has 1 heterocycles. The lowest BCUT2D eigenvalue weighted by atomic mass is 10.1. The van der Waals surface area contributed by atoms with Crippen LogP contribution in [-0.4, -0.2) is 51.1 Å². The predicted octanol–water partition coefficient (Wildman–Crippen LogP) is 3.11. The summed E-state index contributed by atoms with van der Waals surface area (Å²) >= 11 is 0. The molecule has 0 spiro atoms. The largest absolute Gasteiger partial charge is 0.497 e. The summed E-state index contributed by atoms with van der Waals surface area (Å²) in [6.45, 7) is 3.30. The van der Waals surface area contributed by atoms with Gasteiger partial charge >= 0.3 is 0 Å². The molecule has 7 nitrogen and oxygen atoms in total. The van der Waals surface area contributed by atoms with Gasteiger partial charge < -0.3 is 24.0 Å². The van der Waals surface area contributed by atoms with Crippen molar-refractivity contribution in [2.45, 2.75) is 19.9 Å². The second kappa shape index (κ2) is 9.52. The Hall–Kier alpha value is -3.22. The van der Waals surface area contributed by atoms with E-state index in [9.17, 15) is 9.59 Å². The molecule has 1 fully saturated rings. The van der Waals surface area contributed by atoms with E-state index < -0.39 is 0 Å². The molecule has 3 rings (SSSR count). The van der Waals surface area contributed by atoms with Gasteiger partial charge in [0.05, 0.1) is 27.2 Å². The number of rotatable bonds is 8. The predicted molar refractivity (Wildman–Crippen MR) is 114 cm³/mol. The monoisotopic (exact) mass is 412 g/mol. The maximum Gasteiger partial charge on any atom is 0.228 e. The Kier molecular flexibility index (Phi) is 6.82. The highest BCUT2D eigenvalue weighted by molar-refractivity contribution is 6.00. The summed E-state index contributed by atoms with van der Waals surface area (Å²) in [5.41, 5.74) is 1.69. The van der Waals surface area contributed by atoms with Gasteiger partial charge in [0.1, 0.15) is 5.75 Å². The zero-order chi connectivity index (χ0) is 21.7. The van der Waals surface area contributed by atoms with Crippen LogP contribution in [0.4, 0.5) is 5.69 Å². The van der Waals surface area contributed by atoms with Gasteiger partial charge in [-0.2, -0.15) is 0 Å². The molecule has 1 aliphatic heterocycles. The zero-order valence-electron chi connectivity index (χ0n) is 17.9. The lowest BCUT2D eigenvalue weighted by molar-refractivity contribution is -0.136. The molecule has 0 N–H and O–H groups in total. The zero-order valence-corrected chi connectivity index (χ0v) is 17.9. The average molecular weight is 412 g/mol. The van der Waals surface area contributed by atoms with Crippen molar-refractivity contribution in [3.63, 3.8) is 0 Å². The van der Waals surface area contributed by atoms with E-state index in [2.05, 4.69) is 0 Å². The summed E-state index contributed by atoms with van der Waals surface area (Å²) in [5, 5.41) is 0. The van der Waals surface area contributed by atoms with E-state index in [1.54, 1.807) is 31.1 Å². The van der Waals surface area contributed by atoms with Gasteiger partial charge in [0, 0.05) is 37.8 Å². The van der Waals surface area contributed by atoms with Gasteiger partial charge in [0.15, 0.2) is 11.5 Å². The van der Waals surface area contributed by atoms with Crippen molar-refractivity contribution >= 4 is 17.5 Å². The van der Waals surface area contributed by atoms with Gasteiger partial charge in [-0.3, -0.25) is 9.59 Å². The molecule has 0 saturated carbocycles. The maximum absolute atomic E-state index is 13.2. The first-order valence-corrected chi connectivity index (χ1v) is 9.94. The second-order valence-electron chi connectivity index (χ2n) is 7.15. The Labute approximate surface area is 177 Å². The molecule has 2 aromatic rings. The first kappa shape index (κ1) is 21.5. The number of carbonyl (C=O) groups is 2. The van der Waals surface area contributed by atoms with Gasteiger partial charge in [0.2, 0.25) is 11.8 Å². The van der Waals surface area contributed by atoms with Crippen LogP contribution in [-0.2, 0) is 16.1 Å². The van der Waals surface area contributed by atoms with Crippen molar-refractivity contribution in [1.29, 1.82) is 0 Å². The first-order chi connectivity index (χ1) is 14.5. The molecule has 2 amide bonds. The van der Waals surface area contributed by atoms with Crippen LogP contribution in [0.25, 0.3) is 0 Å².